The van der Waals surface area contributed by atoms with Crippen molar-refractivity contribution in [2.24, 2.45) is 5.41 Å². The standard InChI is InChI=1S/C20H26N2O4S2/c1-6-22-16(10-11-21-22)26-19(23)14-8-9-15-17(13(14)3)18(27-7-2)20(4,5)12-28(15,24)25/h8-11,18H,6-7,12H2,1-5H3. The molecule has 8 heteroatoms. The van der Waals surface area contributed by atoms with Crippen molar-refractivity contribution in [3.63, 3.8) is 0 Å². The monoisotopic (exact) mass is 422 g/mol. The van der Waals surface area contributed by atoms with Gasteiger partial charge in [-0.1, -0.05) is 20.8 Å². The van der Waals surface area contributed by atoms with Crippen LogP contribution in [0, 0.1) is 12.3 Å². The van der Waals surface area contributed by atoms with Gasteiger partial charge >= 0.3 is 5.97 Å². The second kappa shape index (κ2) is 7.55. The third-order valence-electron chi connectivity index (χ3n) is 5.07. The first-order valence-corrected chi connectivity index (χ1v) is 12.0. The molecule has 28 heavy (non-hydrogen) atoms. The Labute approximate surface area is 170 Å². The number of sulfone groups is 1. The van der Waals surface area contributed by atoms with E-state index in [1.807, 2.05) is 27.7 Å². The molecule has 1 atom stereocenters. The highest BCUT2D eigenvalue weighted by Crippen LogP contribution is 2.52. The van der Waals surface area contributed by atoms with Crippen molar-refractivity contribution >= 4 is 27.6 Å². The summed E-state index contributed by atoms with van der Waals surface area (Å²) in [5.41, 5.74) is 1.37. The maximum absolute atomic E-state index is 12.9. The molecule has 2 heterocycles. The Balaban J connectivity index is 2.10. The summed E-state index contributed by atoms with van der Waals surface area (Å²) in [6.45, 7) is 10.3. The molecule has 3 rings (SSSR count). The second-order valence-corrected chi connectivity index (χ2v) is 10.9. The minimum Gasteiger partial charge on any atom is -0.404 e. The van der Waals surface area contributed by atoms with E-state index in [2.05, 4.69) is 12.0 Å². The zero-order valence-corrected chi connectivity index (χ0v) is 18.5. The van der Waals surface area contributed by atoms with E-state index in [-0.39, 0.29) is 11.0 Å². The molecule has 6 nitrogen and oxygen atoms in total. The van der Waals surface area contributed by atoms with Crippen LogP contribution < -0.4 is 4.74 Å². The summed E-state index contributed by atoms with van der Waals surface area (Å²) in [7, 11) is -3.41. The Hall–Kier alpha value is -1.80. The molecule has 0 amide bonds. The molecule has 2 aromatic rings. The average molecular weight is 423 g/mol. The van der Waals surface area contributed by atoms with Gasteiger partial charge in [-0.15, -0.1) is 0 Å². The van der Waals surface area contributed by atoms with Gasteiger partial charge in [0.1, 0.15) is 0 Å². The van der Waals surface area contributed by atoms with Gasteiger partial charge in [-0.05, 0) is 48.3 Å². The number of ether oxygens (including phenoxy) is 1. The van der Waals surface area contributed by atoms with E-state index < -0.39 is 21.2 Å². The largest absolute Gasteiger partial charge is 0.404 e. The summed E-state index contributed by atoms with van der Waals surface area (Å²) in [6.07, 6.45) is 1.58. The molecule has 0 spiro atoms. The molecular formula is C20H26N2O4S2. The van der Waals surface area contributed by atoms with Crippen LogP contribution >= 0.6 is 11.8 Å². The minimum absolute atomic E-state index is 0.00931. The molecular weight excluding hydrogens is 396 g/mol. The summed E-state index contributed by atoms with van der Waals surface area (Å²) in [5.74, 6) is 0.828. The summed E-state index contributed by atoms with van der Waals surface area (Å²) in [4.78, 5) is 13.2. The lowest BCUT2D eigenvalue weighted by Gasteiger charge is -2.40. The number of hydrogen-bond acceptors (Lipinski definition) is 6. The number of fused-ring (bicyclic) bond motifs is 1. The lowest BCUT2D eigenvalue weighted by Crippen LogP contribution is -2.36. The first-order chi connectivity index (χ1) is 13.1. The van der Waals surface area contributed by atoms with Crippen LogP contribution in [0.1, 0.15) is 54.4 Å². The summed E-state index contributed by atoms with van der Waals surface area (Å²) in [5, 5.41) is 4.10. The molecule has 0 N–H and O–H groups in total. The molecule has 1 aromatic carbocycles. The maximum atomic E-state index is 12.9. The van der Waals surface area contributed by atoms with E-state index in [4.69, 9.17) is 4.74 Å². The number of hydrogen-bond donors (Lipinski definition) is 0. The summed E-state index contributed by atoms with van der Waals surface area (Å²) >= 11 is 1.72. The zero-order chi connectivity index (χ0) is 20.7. The number of thioether (sulfide) groups is 1. The molecule has 1 aliphatic rings. The van der Waals surface area contributed by atoms with Gasteiger partial charge in [-0.2, -0.15) is 16.9 Å². The first kappa shape index (κ1) is 20.9. The van der Waals surface area contributed by atoms with E-state index in [1.54, 1.807) is 40.8 Å². The second-order valence-electron chi connectivity index (χ2n) is 7.61. The van der Waals surface area contributed by atoms with E-state index in [9.17, 15) is 13.2 Å². The highest BCUT2D eigenvalue weighted by Gasteiger charge is 2.44. The van der Waals surface area contributed by atoms with Crippen molar-refractivity contribution in [1.82, 2.24) is 9.78 Å². The fraction of sp³-hybridized carbons (Fsp3) is 0.500. The molecule has 152 valence electrons. The Morgan fingerprint density at radius 1 is 1.32 bits per heavy atom. The minimum atomic E-state index is -3.41. The molecule has 0 saturated carbocycles. The van der Waals surface area contributed by atoms with Crippen LogP contribution in [0.5, 0.6) is 5.88 Å². The molecule has 1 unspecified atom stereocenters. The smallest absolute Gasteiger partial charge is 0.345 e. The number of carbonyl (C=O) groups excluding carboxylic acids is 1. The maximum Gasteiger partial charge on any atom is 0.345 e. The van der Waals surface area contributed by atoms with Crippen LogP contribution in [0.15, 0.2) is 29.3 Å². The van der Waals surface area contributed by atoms with Gasteiger partial charge < -0.3 is 4.74 Å². The molecule has 0 aliphatic carbocycles. The lowest BCUT2D eigenvalue weighted by molar-refractivity contribution is 0.0717. The number of nitrogens with zero attached hydrogens (tertiary/aromatic N) is 2. The van der Waals surface area contributed by atoms with Crippen LogP contribution in [-0.2, 0) is 16.4 Å². The van der Waals surface area contributed by atoms with Gasteiger partial charge in [0.05, 0.1) is 22.4 Å². The summed E-state index contributed by atoms with van der Waals surface area (Å²) < 4.78 is 32.9. The molecule has 0 radical (unpaired) electrons. The SMILES string of the molecule is CCSC1c2c(ccc(C(=O)Oc3ccnn3CC)c2C)S(=O)(=O)CC1(C)C. The van der Waals surface area contributed by atoms with E-state index in [0.29, 0.717) is 28.4 Å². The van der Waals surface area contributed by atoms with Crippen molar-refractivity contribution in [3.8, 4) is 5.88 Å². The summed E-state index contributed by atoms with van der Waals surface area (Å²) in [6, 6.07) is 4.76. The Morgan fingerprint density at radius 2 is 2.04 bits per heavy atom. The molecule has 1 aromatic heterocycles. The van der Waals surface area contributed by atoms with Gasteiger partial charge in [0, 0.05) is 17.9 Å². The molecule has 0 bridgehead atoms. The third-order valence-corrected chi connectivity index (χ3v) is 8.76. The predicted octanol–water partition coefficient (Wildman–Crippen LogP) is 4.04. The number of rotatable bonds is 5. The van der Waals surface area contributed by atoms with Crippen molar-refractivity contribution in [2.45, 2.75) is 51.3 Å². The quantitative estimate of drug-likeness (QED) is 0.677. The fourth-order valence-electron chi connectivity index (χ4n) is 3.83. The number of aryl methyl sites for hydroxylation is 1. The Bertz CT molecular complexity index is 1010. The van der Waals surface area contributed by atoms with Gasteiger partial charge in [-0.25, -0.2) is 17.9 Å². The van der Waals surface area contributed by atoms with Crippen molar-refractivity contribution in [3.05, 3.63) is 41.1 Å². The van der Waals surface area contributed by atoms with Crippen LogP contribution in [-0.4, -0.2) is 35.7 Å². The van der Waals surface area contributed by atoms with Crippen LogP contribution in [0.3, 0.4) is 0 Å². The van der Waals surface area contributed by atoms with Gasteiger partial charge in [0.15, 0.2) is 9.84 Å². The van der Waals surface area contributed by atoms with Crippen molar-refractivity contribution in [2.75, 3.05) is 11.5 Å². The topological polar surface area (TPSA) is 78.3 Å². The van der Waals surface area contributed by atoms with Gasteiger partial charge in [-0.3, -0.25) is 0 Å². The van der Waals surface area contributed by atoms with Gasteiger partial charge in [0.25, 0.3) is 0 Å². The van der Waals surface area contributed by atoms with Crippen LogP contribution in [0.4, 0.5) is 0 Å². The fourth-order valence-corrected chi connectivity index (χ4v) is 7.53. The molecule has 0 saturated heterocycles. The Kier molecular flexibility index (Phi) is 5.64. The average Bonchev–Trinajstić information content (AvgIpc) is 3.04. The van der Waals surface area contributed by atoms with E-state index in [0.717, 1.165) is 11.3 Å². The van der Waals surface area contributed by atoms with Crippen molar-refractivity contribution < 1.29 is 17.9 Å². The van der Waals surface area contributed by atoms with Gasteiger partial charge in [0.2, 0.25) is 5.88 Å². The van der Waals surface area contributed by atoms with Crippen LogP contribution in [0.25, 0.3) is 0 Å². The zero-order valence-electron chi connectivity index (χ0n) is 16.9. The van der Waals surface area contributed by atoms with Crippen LogP contribution in [0.2, 0.25) is 0 Å². The molecule has 1 aliphatic heterocycles. The highest BCUT2D eigenvalue weighted by molar-refractivity contribution is 7.99. The van der Waals surface area contributed by atoms with E-state index >= 15 is 0 Å². The van der Waals surface area contributed by atoms with E-state index in [1.165, 1.54) is 0 Å². The lowest BCUT2D eigenvalue weighted by atomic mass is 9.84. The number of esters is 1. The first-order valence-electron chi connectivity index (χ1n) is 9.34. The number of aromatic nitrogens is 2. The number of carbonyl (C=O) groups is 1. The number of benzene rings is 1. The molecule has 0 fully saturated rings. The predicted molar refractivity (Wildman–Crippen MR) is 111 cm³/mol. The third kappa shape index (κ3) is 3.59. The van der Waals surface area contributed by atoms with Crippen molar-refractivity contribution in [1.29, 1.82) is 0 Å². The highest BCUT2D eigenvalue weighted by atomic mass is 32.2. The Morgan fingerprint density at radius 3 is 2.68 bits per heavy atom. The normalized spacial score (nSPS) is 19.8.